The van der Waals surface area contributed by atoms with Crippen molar-refractivity contribution in [1.82, 2.24) is 0 Å². The van der Waals surface area contributed by atoms with E-state index in [1.165, 1.54) is 126 Å². The van der Waals surface area contributed by atoms with Crippen molar-refractivity contribution in [2.75, 3.05) is 11.5 Å². The molecule has 0 amide bonds. The maximum atomic E-state index is 6.81. The summed E-state index contributed by atoms with van der Waals surface area (Å²) in [4.78, 5) is 0. The monoisotopic (exact) mass is 792 g/mol. The first-order valence-electron chi connectivity index (χ1n) is 22.0. The summed E-state index contributed by atoms with van der Waals surface area (Å²) >= 11 is 0. The number of aryl methyl sites for hydroxylation is 2. The number of fused-ring (bicyclic) bond motifs is 2. The minimum Gasteiger partial charge on any atom is -0.398 e. The lowest BCUT2D eigenvalue weighted by Gasteiger charge is -2.25. The molecule has 2 fully saturated rings. The first-order chi connectivity index (χ1) is 28.7. The first-order valence-corrected chi connectivity index (χ1v) is 23.0. The number of benzene rings is 7. The molecule has 0 aromatic heterocycles. The van der Waals surface area contributed by atoms with E-state index in [1.54, 1.807) is 0 Å². The number of rotatable bonds is 5. The van der Waals surface area contributed by atoms with Crippen LogP contribution in [0.25, 0.3) is 43.1 Å². The van der Waals surface area contributed by atoms with Gasteiger partial charge in [-0.2, -0.15) is 0 Å². The molecule has 11 rings (SSSR count). The van der Waals surface area contributed by atoms with Crippen molar-refractivity contribution < 1.29 is 0 Å². The lowest BCUT2D eigenvalue weighted by atomic mass is 9.81. The molecule has 300 valence electrons. The van der Waals surface area contributed by atoms with Gasteiger partial charge in [0.1, 0.15) is 0 Å². The van der Waals surface area contributed by atoms with Gasteiger partial charge in [-0.3, -0.25) is 0 Å². The third kappa shape index (κ3) is 9.05. The van der Waals surface area contributed by atoms with E-state index < -0.39 is 0 Å². The summed E-state index contributed by atoms with van der Waals surface area (Å²) in [5, 5.41) is 13.6. The molecule has 59 heavy (non-hydrogen) atoms. The summed E-state index contributed by atoms with van der Waals surface area (Å²) < 4.78 is 0. The molecule has 0 saturated heterocycles. The van der Waals surface area contributed by atoms with Crippen LogP contribution in [0.4, 0.5) is 11.4 Å². The first kappa shape index (κ1) is 40.6. The van der Waals surface area contributed by atoms with Crippen molar-refractivity contribution in [1.29, 1.82) is 0 Å². The van der Waals surface area contributed by atoms with Crippen LogP contribution in [0.5, 0.6) is 0 Å². The third-order valence-electron chi connectivity index (χ3n) is 12.3. The molecule has 1 atom stereocenters. The number of hydrogen-bond donors (Lipinski definition) is 2. The van der Waals surface area contributed by atoms with E-state index in [0.717, 1.165) is 30.1 Å². The molecule has 4 aliphatic rings. The summed E-state index contributed by atoms with van der Waals surface area (Å²) in [6.07, 6.45) is 23.8. The van der Waals surface area contributed by atoms with Gasteiger partial charge < -0.3 is 11.5 Å². The Morgan fingerprint density at radius 2 is 1.17 bits per heavy atom. The molecule has 0 spiro atoms. The van der Waals surface area contributed by atoms with Crippen LogP contribution in [0.3, 0.4) is 0 Å². The predicted octanol–water partition coefficient (Wildman–Crippen LogP) is 15.6. The van der Waals surface area contributed by atoms with Crippen LogP contribution in [-0.4, -0.2) is 0 Å². The van der Waals surface area contributed by atoms with Gasteiger partial charge in [-0.1, -0.05) is 155 Å². The Labute approximate surface area is 354 Å². The number of nitrogens with two attached hydrogens (primary N) is 2. The summed E-state index contributed by atoms with van der Waals surface area (Å²) in [5.74, 6) is 1.93. The summed E-state index contributed by atoms with van der Waals surface area (Å²) in [5.41, 5.74) is 23.7. The number of hydrogen-bond acceptors (Lipinski definition) is 2. The molecular weight excluding hydrogens is 732 g/mol. The largest absolute Gasteiger partial charge is 0.398 e. The molecule has 0 heterocycles. The Morgan fingerprint density at radius 1 is 0.559 bits per heavy atom. The van der Waals surface area contributed by atoms with Crippen molar-refractivity contribution in [2.45, 2.75) is 104 Å². The van der Waals surface area contributed by atoms with Gasteiger partial charge in [0.25, 0.3) is 0 Å². The molecular formula is C56H61N2P. The quantitative estimate of drug-likeness (QED) is 0.0789. The molecule has 7 aromatic carbocycles. The zero-order valence-electron chi connectivity index (χ0n) is 35.7. The van der Waals surface area contributed by atoms with E-state index in [2.05, 4.69) is 150 Å². The molecule has 3 heteroatoms. The Balaban J connectivity index is 0.000000168. The normalized spacial score (nSPS) is 16.2. The molecule has 2 saturated carbocycles. The number of nitrogen functional groups attached to an aromatic ring is 2. The highest BCUT2D eigenvalue weighted by Gasteiger charge is 2.30. The van der Waals surface area contributed by atoms with Gasteiger partial charge in [-0.25, -0.2) is 0 Å². The summed E-state index contributed by atoms with van der Waals surface area (Å²) in [7, 11) is 0.627. The van der Waals surface area contributed by atoms with Crippen LogP contribution in [0.15, 0.2) is 144 Å². The van der Waals surface area contributed by atoms with E-state index in [9.17, 15) is 0 Å². The van der Waals surface area contributed by atoms with Crippen molar-refractivity contribution in [3.63, 3.8) is 0 Å². The Morgan fingerprint density at radius 3 is 1.71 bits per heavy atom. The molecule has 4 aliphatic carbocycles. The zero-order valence-corrected chi connectivity index (χ0v) is 36.7. The zero-order chi connectivity index (χ0) is 41.0. The van der Waals surface area contributed by atoms with Gasteiger partial charge in [0.2, 0.25) is 0 Å². The van der Waals surface area contributed by atoms with Crippen molar-refractivity contribution in [3.8, 4) is 0 Å². The van der Waals surface area contributed by atoms with Crippen LogP contribution in [-0.2, 0) is 0 Å². The van der Waals surface area contributed by atoms with Crippen molar-refractivity contribution in [3.05, 3.63) is 172 Å². The molecule has 0 bridgehead atoms. The Hall–Kier alpha value is -5.17. The fraction of sp³-hybridized carbons (Fsp3) is 0.286. The van der Waals surface area contributed by atoms with Crippen LogP contribution >= 0.6 is 8.58 Å². The highest BCUT2D eigenvalue weighted by Crippen LogP contribution is 2.53. The number of anilines is 2. The van der Waals surface area contributed by atoms with Crippen LogP contribution in [0.2, 0.25) is 0 Å². The van der Waals surface area contributed by atoms with Crippen molar-refractivity contribution in [2.24, 2.45) is 0 Å². The van der Waals surface area contributed by atoms with Crippen LogP contribution in [0.1, 0.15) is 118 Å². The third-order valence-corrected chi connectivity index (χ3v) is 13.7. The SMILES string of the molecule is CC1=CCCC=C1.Cc1cc(N)c2ccc(C(C)C)c3c4c(C5CC5)cc(N)c5ccc(PC6=CCCC=C6)c(c1c23)c54.Cc1ccccc1.c1ccc(C2CC2)cc1. The van der Waals surface area contributed by atoms with Gasteiger partial charge in [-0.15, -0.1) is 0 Å². The van der Waals surface area contributed by atoms with E-state index in [1.807, 2.05) is 18.2 Å². The fourth-order valence-electron chi connectivity index (χ4n) is 8.97. The van der Waals surface area contributed by atoms with E-state index in [4.69, 9.17) is 11.5 Å². The van der Waals surface area contributed by atoms with Gasteiger partial charge in [0, 0.05) is 32.9 Å². The average Bonchev–Trinajstić information content (AvgIpc) is 4.18. The molecule has 1 unspecified atom stereocenters. The van der Waals surface area contributed by atoms with Gasteiger partial charge >= 0.3 is 0 Å². The highest BCUT2D eigenvalue weighted by atomic mass is 31.1. The topological polar surface area (TPSA) is 52.0 Å². The molecule has 7 aromatic rings. The van der Waals surface area contributed by atoms with Crippen LogP contribution in [0, 0.1) is 13.8 Å². The van der Waals surface area contributed by atoms with E-state index in [-0.39, 0.29) is 0 Å². The molecule has 2 nitrogen and oxygen atoms in total. The van der Waals surface area contributed by atoms with Gasteiger partial charge in [0.05, 0.1) is 0 Å². The smallest absolute Gasteiger partial charge is 0.0397 e. The van der Waals surface area contributed by atoms with Gasteiger partial charge in [-0.05, 0) is 156 Å². The second-order valence-electron chi connectivity index (χ2n) is 17.4. The average molecular weight is 793 g/mol. The lowest BCUT2D eigenvalue weighted by molar-refractivity contribution is 0.877. The van der Waals surface area contributed by atoms with E-state index >= 15 is 0 Å². The lowest BCUT2D eigenvalue weighted by Crippen LogP contribution is -2.06. The molecule has 4 N–H and O–H groups in total. The molecule has 0 aliphatic heterocycles. The second-order valence-corrected chi connectivity index (χ2v) is 18.8. The highest BCUT2D eigenvalue weighted by molar-refractivity contribution is 7.52. The Kier molecular flexibility index (Phi) is 12.4. The maximum absolute atomic E-state index is 6.81. The second kappa shape index (κ2) is 18.0. The van der Waals surface area contributed by atoms with Crippen molar-refractivity contribution >= 4 is 68.3 Å². The maximum Gasteiger partial charge on any atom is 0.0397 e. The minimum atomic E-state index is 0.419. The van der Waals surface area contributed by atoms with E-state index in [0.29, 0.717) is 20.4 Å². The predicted molar refractivity (Wildman–Crippen MR) is 263 cm³/mol. The standard InChI is InChI=1S/C33H33N2P.C9H10.C7H10.C7H8/c1-17(2)21-11-12-22-25(34)15-18(3)28-30(22)29(21)32-24(19-9-10-19)16-26(35)23-13-14-27(33(28)31(23)32)36-20-7-5-4-6-8-20;1-2-4-8(5-3-1)9-6-7-9;2*1-7-5-3-2-4-6-7/h5,7-8,11-17,19,36H,4,6,9-10,34-35H2,1-3H3;1-5,9H,6-7H2;3,5-6H,2,4H2,1H3;2-6H,1H3. The fourth-order valence-corrected chi connectivity index (χ4v) is 10.3. The van der Waals surface area contributed by atoms with Crippen LogP contribution < -0.4 is 16.8 Å². The van der Waals surface area contributed by atoms with Gasteiger partial charge in [0.15, 0.2) is 0 Å². The minimum absolute atomic E-state index is 0.419. The number of allylic oxidation sites excluding steroid dienone is 8. The summed E-state index contributed by atoms with van der Waals surface area (Å²) in [6, 6.07) is 34.7. The Bertz CT molecular complexity index is 2710. The summed E-state index contributed by atoms with van der Waals surface area (Å²) in [6.45, 7) is 11.1. The molecule has 0 radical (unpaired) electrons.